The SMILES string of the molecule is COC(=O)CC1=C(C(=O)OC)C(c2ccc(Cl)cc2)C(C#N)=C(N)O1. The molecule has 1 aromatic rings. The molecule has 2 rings (SSSR count). The Labute approximate surface area is 149 Å². The number of benzene rings is 1. The summed E-state index contributed by atoms with van der Waals surface area (Å²) in [4.78, 5) is 24.0. The van der Waals surface area contributed by atoms with E-state index < -0.39 is 17.9 Å². The average Bonchev–Trinajstić information content (AvgIpc) is 2.61. The zero-order valence-electron chi connectivity index (χ0n) is 13.5. The summed E-state index contributed by atoms with van der Waals surface area (Å²) in [6, 6.07) is 8.50. The number of carbonyl (C=O) groups excluding carboxylic acids is 2. The molecule has 1 aliphatic heterocycles. The number of nitriles is 1. The van der Waals surface area contributed by atoms with Crippen molar-refractivity contribution in [2.75, 3.05) is 14.2 Å². The first-order chi connectivity index (χ1) is 11.9. The van der Waals surface area contributed by atoms with Crippen LogP contribution in [0.4, 0.5) is 0 Å². The molecule has 130 valence electrons. The first kappa shape index (κ1) is 18.4. The first-order valence-corrected chi connectivity index (χ1v) is 7.51. The molecule has 0 spiro atoms. The zero-order chi connectivity index (χ0) is 18.6. The normalized spacial score (nSPS) is 16.8. The Bertz CT molecular complexity index is 805. The summed E-state index contributed by atoms with van der Waals surface area (Å²) in [6.45, 7) is 0. The molecule has 2 N–H and O–H groups in total. The highest BCUT2D eigenvalue weighted by molar-refractivity contribution is 6.30. The average molecular weight is 363 g/mol. The van der Waals surface area contributed by atoms with Crippen LogP contribution in [0.5, 0.6) is 0 Å². The largest absolute Gasteiger partial charge is 0.469 e. The van der Waals surface area contributed by atoms with E-state index in [9.17, 15) is 14.9 Å². The monoisotopic (exact) mass is 362 g/mol. The van der Waals surface area contributed by atoms with Gasteiger partial charge in [0.1, 0.15) is 23.8 Å². The second-order valence-electron chi connectivity index (χ2n) is 5.06. The summed E-state index contributed by atoms with van der Waals surface area (Å²) in [6.07, 6.45) is -0.329. The lowest BCUT2D eigenvalue weighted by Gasteiger charge is -2.27. The predicted molar refractivity (Wildman–Crippen MR) is 87.8 cm³/mol. The molecule has 0 saturated carbocycles. The van der Waals surface area contributed by atoms with Gasteiger partial charge in [0, 0.05) is 5.02 Å². The van der Waals surface area contributed by atoms with Crippen molar-refractivity contribution in [3.05, 3.63) is 57.6 Å². The number of allylic oxidation sites excluding steroid dienone is 1. The van der Waals surface area contributed by atoms with Crippen molar-refractivity contribution in [2.24, 2.45) is 5.73 Å². The third kappa shape index (κ3) is 3.75. The number of halogens is 1. The summed E-state index contributed by atoms with van der Waals surface area (Å²) >= 11 is 5.90. The molecule has 1 aromatic carbocycles. The molecule has 1 aliphatic rings. The molecular weight excluding hydrogens is 348 g/mol. The van der Waals surface area contributed by atoms with Crippen molar-refractivity contribution < 1.29 is 23.8 Å². The molecule has 0 saturated heterocycles. The van der Waals surface area contributed by atoms with Gasteiger partial charge >= 0.3 is 11.9 Å². The van der Waals surface area contributed by atoms with Crippen LogP contribution in [0.25, 0.3) is 0 Å². The van der Waals surface area contributed by atoms with Crippen molar-refractivity contribution in [2.45, 2.75) is 12.3 Å². The molecule has 0 bridgehead atoms. The molecule has 1 unspecified atom stereocenters. The molecule has 0 radical (unpaired) electrons. The molecule has 0 aromatic heterocycles. The van der Waals surface area contributed by atoms with Crippen molar-refractivity contribution in [3.63, 3.8) is 0 Å². The number of rotatable bonds is 4. The number of nitrogens with zero attached hydrogens (tertiary/aromatic N) is 1. The summed E-state index contributed by atoms with van der Waals surface area (Å²) in [5.74, 6) is -2.41. The van der Waals surface area contributed by atoms with Crippen LogP contribution >= 0.6 is 11.6 Å². The Kier molecular flexibility index (Phi) is 5.67. The molecule has 7 nitrogen and oxygen atoms in total. The van der Waals surface area contributed by atoms with E-state index in [1.165, 1.54) is 14.2 Å². The van der Waals surface area contributed by atoms with Crippen LogP contribution in [-0.2, 0) is 23.8 Å². The van der Waals surface area contributed by atoms with E-state index in [4.69, 9.17) is 26.8 Å². The Morgan fingerprint density at radius 1 is 1.28 bits per heavy atom. The highest BCUT2D eigenvalue weighted by Gasteiger charge is 2.38. The van der Waals surface area contributed by atoms with Gasteiger partial charge < -0.3 is 19.9 Å². The third-order valence-corrected chi connectivity index (χ3v) is 3.89. The number of nitrogens with two attached hydrogens (primary N) is 1. The molecule has 0 aliphatic carbocycles. The Morgan fingerprint density at radius 2 is 1.92 bits per heavy atom. The smallest absolute Gasteiger partial charge is 0.338 e. The zero-order valence-corrected chi connectivity index (χ0v) is 14.3. The van der Waals surface area contributed by atoms with Gasteiger partial charge in [0.05, 0.1) is 25.7 Å². The van der Waals surface area contributed by atoms with Crippen molar-refractivity contribution in [3.8, 4) is 6.07 Å². The minimum atomic E-state index is -0.844. The number of methoxy groups -OCH3 is 2. The van der Waals surface area contributed by atoms with E-state index in [2.05, 4.69) is 4.74 Å². The maximum Gasteiger partial charge on any atom is 0.338 e. The van der Waals surface area contributed by atoms with E-state index in [0.29, 0.717) is 10.6 Å². The minimum Gasteiger partial charge on any atom is -0.469 e. The van der Waals surface area contributed by atoms with Gasteiger partial charge in [-0.1, -0.05) is 23.7 Å². The van der Waals surface area contributed by atoms with Crippen LogP contribution in [0.1, 0.15) is 17.9 Å². The molecule has 0 fully saturated rings. The predicted octanol–water partition coefficient (Wildman–Crippen LogP) is 2.14. The maximum absolute atomic E-state index is 12.4. The lowest BCUT2D eigenvalue weighted by Crippen LogP contribution is -2.26. The summed E-state index contributed by atoms with van der Waals surface area (Å²) < 4.78 is 14.8. The van der Waals surface area contributed by atoms with E-state index in [1.54, 1.807) is 24.3 Å². The van der Waals surface area contributed by atoms with Gasteiger partial charge in [-0.25, -0.2) is 4.79 Å². The summed E-state index contributed by atoms with van der Waals surface area (Å²) in [5, 5.41) is 9.96. The van der Waals surface area contributed by atoms with Crippen LogP contribution in [0.2, 0.25) is 5.02 Å². The summed E-state index contributed by atoms with van der Waals surface area (Å²) in [5.41, 5.74) is 6.46. The van der Waals surface area contributed by atoms with Gasteiger partial charge in [-0.15, -0.1) is 0 Å². The van der Waals surface area contributed by atoms with E-state index in [-0.39, 0.29) is 29.2 Å². The number of carbonyl (C=O) groups is 2. The van der Waals surface area contributed by atoms with Crippen LogP contribution in [0.3, 0.4) is 0 Å². The molecule has 8 heteroatoms. The quantitative estimate of drug-likeness (QED) is 0.816. The van der Waals surface area contributed by atoms with Crippen molar-refractivity contribution in [1.82, 2.24) is 0 Å². The maximum atomic E-state index is 12.4. The van der Waals surface area contributed by atoms with Gasteiger partial charge in [-0.3, -0.25) is 4.79 Å². The van der Waals surface area contributed by atoms with Crippen molar-refractivity contribution >= 4 is 23.5 Å². The molecule has 1 heterocycles. The van der Waals surface area contributed by atoms with E-state index in [0.717, 1.165) is 0 Å². The number of hydrogen-bond acceptors (Lipinski definition) is 7. The highest BCUT2D eigenvalue weighted by Crippen LogP contribution is 2.40. The number of esters is 2. The Morgan fingerprint density at radius 3 is 2.44 bits per heavy atom. The number of hydrogen-bond donors (Lipinski definition) is 1. The first-order valence-electron chi connectivity index (χ1n) is 7.14. The second kappa shape index (κ2) is 7.73. The van der Waals surface area contributed by atoms with Gasteiger partial charge in [0.2, 0.25) is 5.88 Å². The lowest BCUT2D eigenvalue weighted by molar-refractivity contribution is -0.140. The van der Waals surface area contributed by atoms with Crippen LogP contribution in [0, 0.1) is 11.3 Å². The summed E-state index contributed by atoms with van der Waals surface area (Å²) in [7, 11) is 2.40. The molecule has 1 atom stereocenters. The van der Waals surface area contributed by atoms with Gasteiger partial charge in [-0.05, 0) is 17.7 Å². The Hall–Kier alpha value is -2.98. The number of ether oxygens (including phenoxy) is 3. The van der Waals surface area contributed by atoms with Gasteiger partial charge in [-0.2, -0.15) is 5.26 Å². The molecule has 0 amide bonds. The van der Waals surface area contributed by atoms with Crippen molar-refractivity contribution in [1.29, 1.82) is 5.26 Å². The fourth-order valence-corrected chi connectivity index (χ4v) is 2.60. The lowest BCUT2D eigenvalue weighted by atomic mass is 9.82. The topological polar surface area (TPSA) is 112 Å². The fraction of sp³-hybridized carbons (Fsp3) is 0.235. The Balaban J connectivity index is 2.66. The van der Waals surface area contributed by atoms with Crippen LogP contribution in [0.15, 0.2) is 47.1 Å². The van der Waals surface area contributed by atoms with E-state index in [1.807, 2.05) is 6.07 Å². The fourth-order valence-electron chi connectivity index (χ4n) is 2.47. The molecular formula is C17H15ClN2O5. The second-order valence-corrected chi connectivity index (χ2v) is 5.49. The molecule has 25 heavy (non-hydrogen) atoms. The van der Waals surface area contributed by atoms with E-state index >= 15 is 0 Å². The van der Waals surface area contributed by atoms with Crippen LogP contribution < -0.4 is 5.73 Å². The van der Waals surface area contributed by atoms with Crippen LogP contribution in [-0.4, -0.2) is 26.2 Å². The minimum absolute atomic E-state index is 0.0148. The van der Waals surface area contributed by atoms with Gasteiger partial charge in [0.25, 0.3) is 0 Å². The highest BCUT2D eigenvalue weighted by atomic mass is 35.5. The standard InChI is InChI=1S/C17H15ClN2O5/c1-23-13(21)7-12-15(17(22)24-2)14(11(8-19)16(20)25-12)9-3-5-10(18)6-4-9/h3-6,14H,7,20H2,1-2H3. The third-order valence-electron chi connectivity index (χ3n) is 3.64. The van der Waals surface area contributed by atoms with Gasteiger partial charge in [0.15, 0.2) is 0 Å².